The molecule has 1 heterocycles. The fourth-order valence-corrected chi connectivity index (χ4v) is 1.56. The summed E-state index contributed by atoms with van der Waals surface area (Å²) in [5.41, 5.74) is 0.959. The third-order valence-corrected chi connectivity index (χ3v) is 2.78. The Morgan fingerprint density at radius 3 is 2.47 bits per heavy atom. The smallest absolute Gasteiger partial charge is 0.137 e. The standard InChI is InChI=1S/C11H18ClN3/c1-5-7-9-13-10(12)8(3)11(14-9)15(4)6-2/h5-7H2,1-4H3. The Balaban J connectivity index is 3.12. The zero-order valence-corrected chi connectivity index (χ0v) is 10.6. The van der Waals surface area contributed by atoms with Crippen molar-refractivity contribution < 1.29 is 0 Å². The lowest BCUT2D eigenvalue weighted by molar-refractivity contribution is 0.813. The van der Waals surface area contributed by atoms with E-state index in [4.69, 9.17) is 11.6 Å². The fourth-order valence-electron chi connectivity index (χ4n) is 1.38. The van der Waals surface area contributed by atoms with Gasteiger partial charge in [0.1, 0.15) is 16.8 Å². The first kappa shape index (κ1) is 12.2. The van der Waals surface area contributed by atoms with Crippen LogP contribution in [0.5, 0.6) is 0 Å². The van der Waals surface area contributed by atoms with Crippen LogP contribution in [-0.4, -0.2) is 23.6 Å². The molecule has 0 atom stereocenters. The summed E-state index contributed by atoms with van der Waals surface area (Å²) in [6.45, 7) is 7.08. The van der Waals surface area contributed by atoms with Crippen LogP contribution in [0, 0.1) is 6.92 Å². The summed E-state index contributed by atoms with van der Waals surface area (Å²) in [7, 11) is 2.02. The summed E-state index contributed by atoms with van der Waals surface area (Å²) in [5.74, 6) is 1.78. The summed E-state index contributed by atoms with van der Waals surface area (Å²) in [6.07, 6.45) is 1.92. The molecule has 0 bridgehead atoms. The number of rotatable bonds is 4. The average molecular weight is 228 g/mol. The van der Waals surface area contributed by atoms with E-state index in [0.29, 0.717) is 5.15 Å². The number of nitrogens with zero attached hydrogens (tertiary/aromatic N) is 3. The Bertz CT molecular complexity index is 339. The summed E-state index contributed by atoms with van der Waals surface area (Å²) >= 11 is 6.08. The van der Waals surface area contributed by atoms with Crippen molar-refractivity contribution in [2.24, 2.45) is 0 Å². The monoisotopic (exact) mass is 227 g/mol. The highest BCUT2D eigenvalue weighted by molar-refractivity contribution is 6.30. The molecule has 0 spiro atoms. The molecule has 0 amide bonds. The van der Waals surface area contributed by atoms with Crippen LogP contribution in [0.25, 0.3) is 0 Å². The first-order chi connectivity index (χ1) is 7.10. The van der Waals surface area contributed by atoms with Gasteiger partial charge in [0.2, 0.25) is 0 Å². The average Bonchev–Trinajstić information content (AvgIpc) is 2.22. The molecule has 15 heavy (non-hydrogen) atoms. The van der Waals surface area contributed by atoms with Gasteiger partial charge in [-0.25, -0.2) is 9.97 Å². The zero-order chi connectivity index (χ0) is 11.4. The molecule has 0 aliphatic heterocycles. The van der Waals surface area contributed by atoms with Gasteiger partial charge in [-0.15, -0.1) is 0 Å². The van der Waals surface area contributed by atoms with Gasteiger partial charge in [0.15, 0.2) is 0 Å². The highest BCUT2D eigenvalue weighted by Crippen LogP contribution is 2.22. The van der Waals surface area contributed by atoms with E-state index in [-0.39, 0.29) is 0 Å². The molecule has 0 radical (unpaired) electrons. The highest BCUT2D eigenvalue weighted by Gasteiger charge is 2.11. The number of hydrogen-bond acceptors (Lipinski definition) is 3. The molecule has 1 rings (SSSR count). The second kappa shape index (κ2) is 5.31. The van der Waals surface area contributed by atoms with Crippen molar-refractivity contribution in [3.8, 4) is 0 Å². The molecule has 1 aromatic heterocycles. The molecule has 0 aliphatic rings. The third kappa shape index (κ3) is 2.81. The van der Waals surface area contributed by atoms with Crippen LogP contribution in [0.15, 0.2) is 0 Å². The Kier molecular flexibility index (Phi) is 4.33. The van der Waals surface area contributed by atoms with Crippen molar-refractivity contribution in [1.29, 1.82) is 0 Å². The largest absolute Gasteiger partial charge is 0.360 e. The molecular formula is C11H18ClN3. The molecule has 0 aromatic carbocycles. The van der Waals surface area contributed by atoms with Crippen molar-refractivity contribution in [2.45, 2.75) is 33.6 Å². The lowest BCUT2D eigenvalue weighted by Crippen LogP contribution is -2.19. The molecule has 0 N–H and O–H groups in total. The summed E-state index contributed by atoms with van der Waals surface area (Å²) in [5, 5.41) is 0.573. The minimum absolute atomic E-state index is 0.573. The summed E-state index contributed by atoms with van der Waals surface area (Å²) in [6, 6.07) is 0. The Morgan fingerprint density at radius 2 is 1.93 bits per heavy atom. The maximum absolute atomic E-state index is 6.08. The van der Waals surface area contributed by atoms with Crippen molar-refractivity contribution in [2.75, 3.05) is 18.5 Å². The lowest BCUT2D eigenvalue weighted by atomic mass is 10.3. The predicted molar refractivity (Wildman–Crippen MR) is 64.7 cm³/mol. The van der Waals surface area contributed by atoms with Crippen LogP contribution in [0.4, 0.5) is 5.82 Å². The zero-order valence-electron chi connectivity index (χ0n) is 9.84. The Morgan fingerprint density at radius 1 is 1.27 bits per heavy atom. The van der Waals surface area contributed by atoms with Crippen LogP contribution < -0.4 is 4.90 Å². The summed E-state index contributed by atoms with van der Waals surface area (Å²) < 4.78 is 0. The fraction of sp³-hybridized carbons (Fsp3) is 0.636. The van der Waals surface area contributed by atoms with Gasteiger partial charge < -0.3 is 4.90 Å². The van der Waals surface area contributed by atoms with Gasteiger partial charge in [-0.1, -0.05) is 18.5 Å². The SMILES string of the molecule is CCCc1nc(Cl)c(C)c(N(C)CC)n1. The first-order valence-electron chi connectivity index (χ1n) is 5.34. The third-order valence-electron chi connectivity index (χ3n) is 2.42. The number of hydrogen-bond donors (Lipinski definition) is 0. The van der Waals surface area contributed by atoms with Gasteiger partial charge >= 0.3 is 0 Å². The minimum atomic E-state index is 0.573. The van der Waals surface area contributed by atoms with Crippen LogP contribution in [0.2, 0.25) is 5.15 Å². The molecule has 1 aromatic rings. The lowest BCUT2D eigenvalue weighted by Gasteiger charge is -2.19. The van der Waals surface area contributed by atoms with E-state index in [2.05, 4.69) is 28.7 Å². The van der Waals surface area contributed by atoms with Crippen LogP contribution in [-0.2, 0) is 6.42 Å². The second-order valence-corrected chi connectivity index (χ2v) is 4.00. The maximum atomic E-state index is 6.08. The number of halogens is 1. The van der Waals surface area contributed by atoms with E-state index in [0.717, 1.165) is 36.6 Å². The van der Waals surface area contributed by atoms with Crippen LogP contribution in [0.3, 0.4) is 0 Å². The number of aryl methyl sites for hydroxylation is 1. The van der Waals surface area contributed by atoms with Gasteiger partial charge in [-0.2, -0.15) is 0 Å². The molecule has 0 unspecified atom stereocenters. The van der Waals surface area contributed by atoms with Gasteiger partial charge in [-0.3, -0.25) is 0 Å². The van der Waals surface area contributed by atoms with Crippen LogP contribution in [0.1, 0.15) is 31.7 Å². The van der Waals surface area contributed by atoms with Gasteiger partial charge in [0, 0.05) is 25.6 Å². The second-order valence-electron chi connectivity index (χ2n) is 3.64. The highest BCUT2D eigenvalue weighted by atomic mass is 35.5. The molecule has 0 fully saturated rings. The van der Waals surface area contributed by atoms with Gasteiger partial charge in [0.05, 0.1) is 0 Å². The Labute approximate surface area is 96.5 Å². The maximum Gasteiger partial charge on any atom is 0.137 e. The molecule has 84 valence electrons. The minimum Gasteiger partial charge on any atom is -0.360 e. The van der Waals surface area contributed by atoms with E-state index in [1.54, 1.807) is 0 Å². The van der Waals surface area contributed by atoms with Crippen molar-refractivity contribution in [1.82, 2.24) is 9.97 Å². The topological polar surface area (TPSA) is 29.0 Å². The molecule has 0 aliphatic carbocycles. The normalized spacial score (nSPS) is 10.5. The Hall–Kier alpha value is -0.830. The molecule has 4 heteroatoms. The van der Waals surface area contributed by atoms with Crippen LogP contribution >= 0.6 is 11.6 Å². The predicted octanol–water partition coefficient (Wildman–Crippen LogP) is 2.85. The first-order valence-corrected chi connectivity index (χ1v) is 5.72. The van der Waals surface area contributed by atoms with E-state index in [1.165, 1.54) is 0 Å². The van der Waals surface area contributed by atoms with E-state index in [9.17, 15) is 0 Å². The number of aromatic nitrogens is 2. The molecule has 0 saturated heterocycles. The van der Waals surface area contributed by atoms with Gasteiger partial charge in [-0.05, 0) is 20.3 Å². The van der Waals surface area contributed by atoms with E-state index in [1.807, 2.05) is 14.0 Å². The van der Waals surface area contributed by atoms with Crippen molar-refractivity contribution in [3.05, 3.63) is 16.5 Å². The van der Waals surface area contributed by atoms with E-state index < -0.39 is 0 Å². The number of anilines is 1. The molecule has 3 nitrogen and oxygen atoms in total. The van der Waals surface area contributed by atoms with Crippen molar-refractivity contribution >= 4 is 17.4 Å². The quantitative estimate of drug-likeness (QED) is 0.741. The summed E-state index contributed by atoms with van der Waals surface area (Å²) in [4.78, 5) is 10.9. The van der Waals surface area contributed by atoms with E-state index >= 15 is 0 Å². The molecule has 0 saturated carbocycles. The van der Waals surface area contributed by atoms with Crippen molar-refractivity contribution in [3.63, 3.8) is 0 Å². The molecular weight excluding hydrogens is 210 g/mol. The van der Waals surface area contributed by atoms with Gasteiger partial charge in [0.25, 0.3) is 0 Å².